The number of carboxylic acid groups (broad SMARTS) is 1. The quantitative estimate of drug-likeness (QED) is 0.892. The van der Waals surface area contributed by atoms with Crippen LogP contribution in [0.5, 0.6) is 0 Å². The second kappa shape index (κ2) is 6.82. The fraction of sp³-hybridized carbons (Fsp3) is 0.588. The molecule has 2 atom stereocenters. The molecule has 1 aromatic rings. The summed E-state index contributed by atoms with van der Waals surface area (Å²) in [4.78, 5) is 14.2. The van der Waals surface area contributed by atoms with Crippen molar-refractivity contribution in [3.8, 4) is 0 Å². The summed E-state index contributed by atoms with van der Waals surface area (Å²) in [5.41, 5.74) is 0.969. The van der Waals surface area contributed by atoms with E-state index in [-0.39, 0.29) is 17.5 Å². The van der Waals surface area contributed by atoms with E-state index >= 15 is 0 Å². The zero-order valence-electron chi connectivity index (χ0n) is 13.9. The molecule has 3 rings (SSSR count). The fourth-order valence-electron chi connectivity index (χ4n) is 3.72. The van der Waals surface area contributed by atoms with E-state index < -0.39 is 22.0 Å². The first-order chi connectivity index (χ1) is 11.4. The first-order valence-electron chi connectivity index (χ1n) is 8.45. The fourth-order valence-corrected chi connectivity index (χ4v) is 5.33. The van der Waals surface area contributed by atoms with Crippen LogP contribution in [0.25, 0.3) is 0 Å². The van der Waals surface area contributed by atoms with Gasteiger partial charge in [-0.25, -0.2) is 8.42 Å². The van der Waals surface area contributed by atoms with Gasteiger partial charge in [-0.3, -0.25) is 4.79 Å². The molecule has 2 aliphatic heterocycles. The molecule has 1 N–H and O–H groups in total. The lowest BCUT2D eigenvalue weighted by Crippen LogP contribution is -2.54. The molecule has 2 saturated heterocycles. The average molecular weight is 352 g/mol. The molecule has 1 aromatic carbocycles. The molecule has 0 saturated carbocycles. The molecule has 24 heavy (non-hydrogen) atoms. The van der Waals surface area contributed by atoms with Gasteiger partial charge in [-0.2, -0.15) is 4.31 Å². The molecule has 0 aromatic heterocycles. The van der Waals surface area contributed by atoms with Gasteiger partial charge in [0.05, 0.1) is 4.90 Å². The number of carbonyl (C=O) groups is 1. The first-order valence-corrected chi connectivity index (χ1v) is 9.89. The maximum absolute atomic E-state index is 12.9. The number of likely N-dealkylation sites (tertiary alicyclic amines) is 1. The molecular weight excluding hydrogens is 328 g/mol. The van der Waals surface area contributed by atoms with E-state index in [9.17, 15) is 18.3 Å². The number of aryl methyl sites for hydroxylation is 1. The van der Waals surface area contributed by atoms with Crippen molar-refractivity contribution in [1.82, 2.24) is 9.21 Å². The molecule has 0 bridgehead atoms. The normalized spacial score (nSPS) is 26.5. The van der Waals surface area contributed by atoms with Crippen molar-refractivity contribution in [3.05, 3.63) is 29.8 Å². The number of hydrogen-bond donors (Lipinski definition) is 1. The van der Waals surface area contributed by atoms with Crippen LogP contribution in [0.3, 0.4) is 0 Å². The zero-order valence-corrected chi connectivity index (χ0v) is 14.7. The minimum atomic E-state index is -3.79. The number of aliphatic carboxylic acids is 1. The highest BCUT2D eigenvalue weighted by molar-refractivity contribution is 7.89. The van der Waals surface area contributed by atoms with Crippen LogP contribution in [0.1, 0.15) is 31.2 Å². The zero-order chi connectivity index (χ0) is 17.3. The lowest BCUT2D eigenvalue weighted by atomic mass is 9.98. The summed E-state index contributed by atoms with van der Waals surface area (Å²) in [7, 11) is -3.79. The highest BCUT2D eigenvalue weighted by Gasteiger charge is 2.42. The van der Waals surface area contributed by atoms with Crippen LogP contribution in [0.15, 0.2) is 29.2 Å². The Morgan fingerprint density at radius 3 is 2.33 bits per heavy atom. The van der Waals surface area contributed by atoms with Crippen molar-refractivity contribution >= 4 is 16.0 Å². The number of rotatable bonds is 4. The third-order valence-electron chi connectivity index (χ3n) is 5.10. The number of piperidine rings is 1. The van der Waals surface area contributed by atoms with Crippen LogP contribution in [-0.4, -0.2) is 60.4 Å². The van der Waals surface area contributed by atoms with Crippen molar-refractivity contribution in [2.45, 2.75) is 49.6 Å². The van der Waals surface area contributed by atoms with E-state index in [1.165, 1.54) is 4.31 Å². The van der Waals surface area contributed by atoms with E-state index in [4.69, 9.17) is 0 Å². The largest absolute Gasteiger partial charge is 0.480 e. The van der Waals surface area contributed by atoms with Crippen molar-refractivity contribution in [1.29, 1.82) is 0 Å². The van der Waals surface area contributed by atoms with Gasteiger partial charge in [0.25, 0.3) is 0 Å². The standard InChI is InChI=1S/C17H24N2O4S/c1-13-4-6-15(7-5-13)24(22,23)19-11-8-14(12-16(19)17(20)21)18-9-2-3-10-18/h4-7,14,16H,2-3,8-12H2,1H3,(H,20,21)/t14-,16+/m0/s1. The van der Waals surface area contributed by atoms with Gasteiger partial charge in [0, 0.05) is 12.6 Å². The van der Waals surface area contributed by atoms with Gasteiger partial charge in [-0.05, 0) is 57.8 Å². The van der Waals surface area contributed by atoms with E-state index in [1.807, 2.05) is 6.92 Å². The summed E-state index contributed by atoms with van der Waals surface area (Å²) < 4.78 is 27.0. The van der Waals surface area contributed by atoms with Gasteiger partial charge in [-0.1, -0.05) is 17.7 Å². The van der Waals surface area contributed by atoms with Gasteiger partial charge >= 0.3 is 5.97 Å². The van der Waals surface area contributed by atoms with Crippen LogP contribution in [-0.2, 0) is 14.8 Å². The van der Waals surface area contributed by atoms with E-state index in [0.717, 1.165) is 31.5 Å². The second-order valence-corrected chi connectivity index (χ2v) is 8.59. The van der Waals surface area contributed by atoms with Crippen LogP contribution in [0, 0.1) is 6.92 Å². The van der Waals surface area contributed by atoms with Crippen LogP contribution in [0.4, 0.5) is 0 Å². The lowest BCUT2D eigenvalue weighted by molar-refractivity contribution is -0.143. The molecule has 0 unspecified atom stereocenters. The molecule has 2 aliphatic rings. The lowest BCUT2D eigenvalue weighted by Gasteiger charge is -2.39. The molecule has 0 amide bonds. The Hall–Kier alpha value is -1.44. The Morgan fingerprint density at radius 2 is 1.75 bits per heavy atom. The number of nitrogens with zero attached hydrogens (tertiary/aromatic N) is 2. The monoisotopic (exact) mass is 352 g/mol. The SMILES string of the molecule is Cc1ccc(S(=O)(=O)N2CC[C@H](N3CCCC3)C[C@@H]2C(=O)O)cc1. The maximum atomic E-state index is 12.9. The molecule has 2 fully saturated rings. The smallest absolute Gasteiger partial charge is 0.322 e. The number of hydrogen-bond acceptors (Lipinski definition) is 4. The van der Waals surface area contributed by atoms with E-state index in [0.29, 0.717) is 12.8 Å². The number of sulfonamides is 1. The molecular formula is C17H24N2O4S. The Morgan fingerprint density at radius 1 is 1.12 bits per heavy atom. The highest BCUT2D eigenvalue weighted by Crippen LogP contribution is 2.29. The van der Waals surface area contributed by atoms with Crippen LogP contribution < -0.4 is 0 Å². The summed E-state index contributed by atoms with van der Waals surface area (Å²) in [5, 5.41) is 9.60. The van der Waals surface area contributed by atoms with Gasteiger partial charge < -0.3 is 10.0 Å². The maximum Gasteiger partial charge on any atom is 0.322 e. The van der Waals surface area contributed by atoms with E-state index in [2.05, 4.69) is 4.90 Å². The minimum Gasteiger partial charge on any atom is -0.480 e. The topological polar surface area (TPSA) is 77.9 Å². The summed E-state index contributed by atoms with van der Waals surface area (Å²) in [6.07, 6.45) is 3.33. The van der Waals surface area contributed by atoms with Crippen molar-refractivity contribution in [2.75, 3.05) is 19.6 Å². The Labute approximate surface area is 143 Å². The number of benzene rings is 1. The second-order valence-electron chi connectivity index (χ2n) is 6.70. The van der Waals surface area contributed by atoms with Gasteiger partial charge in [-0.15, -0.1) is 0 Å². The first kappa shape index (κ1) is 17.4. The molecule has 6 nitrogen and oxygen atoms in total. The molecule has 0 spiro atoms. The van der Waals surface area contributed by atoms with Crippen molar-refractivity contribution in [3.63, 3.8) is 0 Å². The Kier molecular flexibility index (Phi) is 4.94. The summed E-state index contributed by atoms with van der Waals surface area (Å²) in [6, 6.07) is 5.75. The average Bonchev–Trinajstić information content (AvgIpc) is 3.09. The summed E-state index contributed by atoms with van der Waals surface area (Å²) in [5.74, 6) is -1.06. The Balaban J connectivity index is 1.83. The number of carboxylic acids is 1. The van der Waals surface area contributed by atoms with Crippen molar-refractivity contribution in [2.24, 2.45) is 0 Å². The molecule has 132 valence electrons. The van der Waals surface area contributed by atoms with Gasteiger partial charge in [0.15, 0.2) is 0 Å². The third kappa shape index (κ3) is 3.34. The molecule has 0 aliphatic carbocycles. The third-order valence-corrected chi connectivity index (χ3v) is 7.02. The van der Waals surface area contributed by atoms with Crippen LogP contribution >= 0.6 is 0 Å². The van der Waals surface area contributed by atoms with Crippen molar-refractivity contribution < 1.29 is 18.3 Å². The minimum absolute atomic E-state index is 0.165. The Bertz CT molecular complexity index is 696. The highest BCUT2D eigenvalue weighted by atomic mass is 32.2. The van der Waals surface area contributed by atoms with Gasteiger partial charge in [0.1, 0.15) is 6.04 Å². The summed E-state index contributed by atoms with van der Waals surface area (Å²) in [6.45, 7) is 4.12. The van der Waals surface area contributed by atoms with E-state index in [1.54, 1.807) is 24.3 Å². The summed E-state index contributed by atoms with van der Waals surface area (Å²) >= 11 is 0. The van der Waals surface area contributed by atoms with Gasteiger partial charge in [0.2, 0.25) is 10.0 Å². The van der Waals surface area contributed by atoms with Crippen LogP contribution in [0.2, 0.25) is 0 Å². The molecule has 7 heteroatoms. The molecule has 2 heterocycles. The predicted octanol–water partition coefficient (Wildman–Crippen LogP) is 1.70. The predicted molar refractivity (Wildman–Crippen MR) is 90.3 cm³/mol. The molecule has 0 radical (unpaired) electrons.